The smallest absolute Gasteiger partial charge is 0.345 e. The molecule has 1 heterocycles. The van der Waals surface area contributed by atoms with Crippen LogP contribution < -0.4 is 4.72 Å². The second-order valence-electron chi connectivity index (χ2n) is 4.59. The molecule has 1 unspecified atom stereocenters. The molecule has 1 aliphatic rings. The predicted molar refractivity (Wildman–Crippen MR) is 69.9 cm³/mol. The molecule has 19 heavy (non-hydrogen) atoms. The van der Waals surface area contributed by atoms with Gasteiger partial charge >= 0.3 is 5.97 Å². The number of aliphatic hydroxyl groups excluding tert-OH is 1. The number of carboxylic acids is 1. The van der Waals surface area contributed by atoms with Gasteiger partial charge in [0.1, 0.15) is 4.88 Å². The third-order valence-corrected chi connectivity index (χ3v) is 5.74. The van der Waals surface area contributed by atoms with Crippen molar-refractivity contribution in [2.24, 2.45) is 5.92 Å². The summed E-state index contributed by atoms with van der Waals surface area (Å²) >= 11 is 0.921. The molecule has 0 amide bonds. The molecule has 2 rings (SSSR count). The van der Waals surface area contributed by atoms with Crippen LogP contribution in [0.15, 0.2) is 11.0 Å². The summed E-state index contributed by atoms with van der Waals surface area (Å²) in [6.07, 6.45) is 1.17. The fourth-order valence-electron chi connectivity index (χ4n) is 1.76. The highest BCUT2D eigenvalue weighted by Crippen LogP contribution is 2.32. The monoisotopic (exact) mass is 305 g/mol. The molecule has 0 aromatic carbocycles. The summed E-state index contributed by atoms with van der Waals surface area (Å²) < 4.78 is 26.4. The standard InChI is InChI=1S/C11H15NO5S2/c1-6-10(4-9(18-6)11(14)15)19(16,17)12-5-8(13)7-2-3-7/h4,7-8,12-13H,2-3,5H2,1H3,(H,14,15). The number of carboxylic acid groups (broad SMARTS) is 1. The van der Waals surface area contributed by atoms with E-state index in [4.69, 9.17) is 5.11 Å². The summed E-state index contributed by atoms with van der Waals surface area (Å²) in [4.78, 5) is 11.2. The molecule has 0 radical (unpaired) electrons. The van der Waals surface area contributed by atoms with Crippen LogP contribution in [0.2, 0.25) is 0 Å². The second-order valence-corrected chi connectivity index (χ2v) is 7.58. The van der Waals surface area contributed by atoms with E-state index in [9.17, 15) is 18.3 Å². The maximum Gasteiger partial charge on any atom is 0.345 e. The van der Waals surface area contributed by atoms with Crippen LogP contribution in [0.1, 0.15) is 27.4 Å². The van der Waals surface area contributed by atoms with Crippen molar-refractivity contribution in [1.29, 1.82) is 0 Å². The number of hydrogen-bond donors (Lipinski definition) is 3. The summed E-state index contributed by atoms with van der Waals surface area (Å²) in [6.45, 7) is 1.52. The summed E-state index contributed by atoms with van der Waals surface area (Å²) in [5.41, 5.74) is 0. The van der Waals surface area contributed by atoms with E-state index in [1.807, 2.05) is 0 Å². The van der Waals surface area contributed by atoms with Gasteiger partial charge in [0, 0.05) is 11.4 Å². The maximum absolute atomic E-state index is 12.0. The molecule has 1 saturated carbocycles. The number of aliphatic hydroxyl groups is 1. The third-order valence-electron chi connectivity index (χ3n) is 3.02. The van der Waals surface area contributed by atoms with E-state index in [-0.39, 0.29) is 22.2 Å². The Kier molecular flexibility index (Phi) is 3.95. The van der Waals surface area contributed by atoms with Crippen molar-refractivity contribution in [1.82, 2.24) is 4.72 Å². The van der Waals surface area contributed by atoms with Crippen molar-refractivity contribution in [3.05, 3.63) is 15.8 Å². The number of sulfonamides is 1. The average Bonchev–Trinajstić information content (AvgIpc) is 3.09. The van der Waals surface area contributed by atoms with Crippen molar-refractivity contribution in [3.63, 3.8) is 0 Å². The van der Waals surface area contributed by atoms with Gasteiger partial charge in [-0.1, -0.05) is 0 Å². The minimum absolute atomic E-state index is 0.0133. The van der Waals surface area contributed by atoms with Crippen LogP contribution in [0, 0.1) is 12.8 Å². The molecule has 0 spiro atoms. The molecular weight excluding hydrogens is 290 g/mol. The van der Waals surface area contributed by atoms with E-state index in [0.717, 1.165) is 30.2 Å². The Hall–Kier alpha value is -0.960. The predicted octanol–water partition coefficient (Wildman–Crippen LogP) is 0.804. The van der Waals surface area contributed by atoms with Gasteiger partial charge in [0.25, 0.3) is 0 Å². The first-order valence-electron chi connectivity index (χ1n) is 5.82. The fourth-order valence-corrected chi connectivity index (χ4v) is 4.24. The molecule has 6 nitrogen and oxygen atoms in total. The number of rotatable bonds is 6. The van der Waals surface area contributed by atoms with E-state index in [1.54, 1.807) is 6.92 Å². The highest BCUT2D eigenvalue weighted by molar-refractivity contribution is 7.89. The topological polar surface area (TPSA) is 104 Å². The van der Waals surface area contributed by atoms with Gasteiger partial charge < -0.3 is 10.2 Å². The molecule has 106 valence electrons. The Morgan fingerprint density at radius 3 is 2.68 bits per heavy atom. The Morgan fingerprint density at radius 1 is 1.58 bits per heavy atom. The van der Waals surface area contributed by atoms with E-state index < -0.39 is 22.1 Å². The maximum atomic E-state index is 12.0. The zero-order chi connectivity index (χ0) is 14.2. The number of hydrogen-bond acceptors (Lipinski definition) is 5. The number of carbonyl (C=O) groups is 1. The van der Waals surface area contributed by atoms with Crippen molar-refractivity contribution in [2.75, 3.05) is 6.54 Å². The molecule has 0 aliphatic heterocycles. The fraction of sp³-hybridized carbons (Fsp3) is 0.545. The van der Waals surface area contributed by atoms with Gasteiger partial charge in [-0.25, -0.2) is 17.9 Å². The highest BCUT2D eigenvalue weighted by Gasteiger charge is 2.31. The lowest BCUT2D eigenvalue weighted by Gasteiger charge is -2.10. The van der Waals surface area contributed by atoms with E-state index in [2.05, 4.69) is 4.72 Å². The number of aromatic carboxylic acids is 1. The van der Waals surface area contributed by atoms with Gasteiger partial charge in [-0.3, -0.25) is 0 Å². The first-order chi connectivity index (χ1) is 8.81. The first-order valence-corrected chi connectivity index (χ1v) is 8.12. The van der Waals surface area contributed by atoms with Gasteiger partial charge in [0.05, 0.1) is 11.0 Å². The van der Waals surface area contributed by atoms with E-state index in [0.29, 0.717) is 4.88 Å². The molecular formula is C11H15NO5S2. The lowest BCUT2D eigenvalue weighted by molar-refractivity contribution is 0.0702. The van der Waals surface area contributed by atoms with Crippen LogP contribution in [0.4, 0.5) is 0 Å². The molecule has 0 bridgehead atoms. The molecule has 1 aromatic rings. The van der Waals surface area contributed by atoms with E-state index in [1.165, 1.54) is 0 Å². The quantitative estimate of drug-likeness (QED) is 0.721. The second kappa shape index (κ2) is 5.20. The van der Waals surface area contributed by atoms with Crippen LogP contribution in [-0.4, -0.2) is 37.2 Å². The minimum atomic E-state index is -3.77. The largest absolute Gasteiger partial charge is 0.477 e. The van der Waals surface area contributed by atoms with Crippen molar-refractivity contribution >= 4 is 27.3 Å². The number of aryl methyl sites for hydroxylation is 1. The Morgan fingerprint density at radius 2 is 2.21 bits per heavy atom. The summed E-state index contributed by atoms with van der Waals surface area (Å²) in [6, 6.07) is 1.15. The zero-order valence-electron chi connectivity index (χ0n) is 10.3. The summed E-state index contributed by atoms with van der Waals surface area (Å²) in [5, 5.41) is 18.5. The van der Waals surface area contributed by atoms with Crippen molar-refractivity contribution < 1.29 is 23.4 Å². The summed E-state index contributed by atoms with van der Waals surface area (Å²) in [5.74, 6) is -0.964. The number of thiophene rings is 1. The van der Waals surface area contributed by atoms with Gasteiger partial charge in [-0.05, 0) is 31.7 Å². The Balaban J connectivity index is 2.12. The molecule has 3 N–H and O–H groups in total. The molecule has 1 aliphatic carbocycles. The lowest BCUT2D eigenvalue weighted by Crippen LogP contribution is -2.33. The molecule has 8 heteroatoms. The minimum Gasteiger partial charge on any atom is -0.477 e. The molecule has 1 atom stereocenters. The highest BCUT2D eigenvalue weighted by atomic mass is 32.2. The van der Waals surface area contributed by atoms with Crippen LogP contribution >= 0.6 is 11.3 Å². The first kappa shape index (κ1) is 14.4. The van der Waals surface area contributed by atoms with Gasteiger partial charge in [-0.15, -0.1) is 11.3 Å². The SMILES string of the molecule is Cc1sc(C(=O)O)cc1S(=O)(=O)NCC(O)C1CC1. The average molecular weight is 305 g/mol. The Labute approximate surface area is 115 Å². The van der Waals surface area contributed by atoms with Crippen LogP contribution in [0.25, 0.3) is 0 Å². The number of nitrogens with one attached hydrogen (secondary N) is 1. The van der Waals surface area contributed by atoms with Crippen molar-refractivity contribution in [3.8, 4) is 0 Å². The Bertz CT molecular complexity index is 588. The van der Waals surface area contributed by atoms with Crippen LogP contribution in [0.5, 0.6) is 0 Å². The van der Waals surface area contributed by atoms with E-state index >= 15 is 0 Å². The molecule has 1 fully saturated rings. The molecule has 0 saturated heterocycles. The third kappa shape index (κ3) is 3.33. The summed E-state index contributed by atoms with van der Waals surface area (Å²) in [7, 11) is -3.77. The zero-order valence-corrected chi connectivity index (χ0v) is 11.9. The lowest BCUT2D eigenvalue weighted by atomic mass is 10.2. The van der Waals surface area contributed by atoms with Gasteiger partial charge in [0.2, 0.25) is 10.0 Å². The van der Waals surface area contributed by atoms with Gasteiger partial charge in [-0.2, -0.15) is 0 Å². The normalized spacial score (nSPS) is 17.4. The van der Waals surface area contributed by atoms with Crippen LogP contribution in [-0.2, 0) is 10.0 Å². The van der Waals surface area contributed by atoms with Crippen LogP contribution in [0.3, 0.4) is 0 Å². The van der Waals surface area contributed by atoms with Crippen molar-refractivity contribution in [2.45, 2.75) is 30.8 Å². The van der Waals surface area contributed by atoms with Gasteiger partial charge in [0.15, 0.2) is 0 Å². The molecule has 1 aromatic heterocycles.